The van der Waals surface area contributed by atoms with Crippen LogP contribution < -0.4 is 5.32 Å². The summed E-state index contributed by atoms with van der Waals surface area (Å²) in [5, 5.41) is 3.06. The highest BCUT2D eigenvalue weighted by Gasteiger charge is 2.30. The number of allylic oxidation sites excluding steroid dienone is 11. The van der Waals surface area contributed by atoms with Gasteiger partial charge >= 0.3 is 13.8 Å². The van der Waals surface area contributed by atoms with Crippen molar-refractivity contribution in [3.05, 3.63) is 72.9 Å². The number of carbonyl (C=O) groups excluding carboxylic acids is 2. The van der Waals surface area contributed by atoms with Gasteiger partial charge in [-0.15, -0.1) is 0 Å². The number of likely N-dealkylation sites (N-methyl/N-ethyl adjacent to an activating group) is 1. The van der Waals surface area contributed by atoms with Crippen LogP contribution in [0.2, 0.25) is 0 Å². The van der Waals surface area contributed by atoms with Gasteiger partial charge in [0.2, 0.25) is 5.91 Å². The average Bonchev–Trinajstić information content (AvgIpc) is 3.41. The van der Waals surface area contributed by atoms with Crippen molar-refractivity contribution >= 4 is 19.7 Å². The SMILES string of the molecule is CCCCC/C=C\C/C=C\C/C=C\CCCCCCCCCCC(=O)OC(/C=C/CCCCCCCCCCCCC)C(COP(=O)(O)OCC[N+](C)(C)C)NC(=O)CCCCCCCCCCC/C=C\C/C=C\CCCCC. The number of amides is 1. The number of ether oxygens (including phenoxy) is 1. The second-order valence-corrected chi connectivity index (χ2v) is 25.1. The lowest BCUT2D eigenvalue weighted by Gasteiger charge is -2.27. The zero-order valence-corrected chi connectivity index (χ0v) is 53.5. The fourth-order valence-electron chi connectivity index (χ4n) is 9.45. The molecule has 0 spiro atoms. The van der Waals surface area contributed by atoms with Crippen molar-refractivity contribution in [2.45, 2.75) is 315 Å². The van der Waals surface area contributed by atoms with Crippen LogP contribution in [0.15, 0.2) is 72.9 Å². The molecule has 0 aromatic carbocycles. The van der Waals surface area contributed by atoms with Crippen molar-refractivity contribution in [1.82, 2.24) is 5.32 Å². The molecule has 9 nitrogen and oxygen atoms in total. The molecule has 0 aromatic rings. The zero-order chi connectivity index (χ0) is 57.9. The summed E-state index contributed by atoms with van der Waals surface area (Å²) in [6, 6.07) is -0.857. The Bertz CT molecular complexity index is 1580. The van der Waals surface area contributed by atoms with Crippen LogP contribution in [0.4, 0.5) is 0 Å². The molecular weight excluding hydrogens is 1000 g/mol. The number of nitrogens with one attached hydrogen (secondary N) is 1. The highest BCUT2D eigenvalue weighted by Crippen LogP contribution is 2.43. The lowest BCUT2D eigenvalue weighted by molar-refractivity contribution is -0.870. The molecule has 460 valence electrons. The molecule has 0 aliphatic carbocycles. The standard InChI is InChI=1S/C69H127N2O7P/c1-7-10-13-16-19-22-25-28-30-32-34-35-37-39-41-44-47-50-53-56-59-62-69(73)78-67(60-57-54-51-48-45-42-27-24-21-18-15-12-9-3)66(65-77-79(74,75)76-64-63-71(4,5)6)70-68(72)61-58-55-52-49-46-43-40-38-36-33-31-29-26-23-20-17-14-11-8-2/h19-20,22-23,28-31,34-35,57,60,66-67H,7-18,21,24-27,32-33,36-56,58-59,61-65H2,1-6H3,(H-,70,72,74,75)/p+1/b22-19-,23-20-,30-28-,31-29-,35-34-,60-57+. The predicted molar refractivity (Wildman–Crippen MR) is 341 cm³/mol. The maximum Gasteiger partial charge on any atom is 0.472 e. The molecule has 2 N–H and O–H groups in total. The van der Waals surface area contributed by atoms with Gasteiger partial charge in [-0.1, -0.05) is 261 Å². The topological polar surface area (TPSA) is 111 Å². The van der Waals surface area contributed by atoms with E-state index in [-0.39, 0.29) is 31.5 Å². The predicted octanol–water partition coefficient (Wildman–Crippen LogP) is 20.8. The van der Waals surface area contributed by atoms with Crippen LogP contribution in [0, 0.1) is 0 Å². The van der Waals surface area contributed by atoms with Crippen molar-refractivity contribution in [1.29, 1.82) is 0 Å². The summed E-state index contributed by atoms with van der Waals surface area (Å²) in [6.07, 6.45) is 76.0. The molecule has 1 amide bonds. The average molecular weight is 1130 g/mol. The van der Waals surface area contributed by atoms with Crippen molar-refractivity contribution in [2.75, 3.05) is 40.9 Å². The van der Waals surface area contributed by atoms with Crippen molar-refractivity contribution in [3.8, 4) is 0 Å². The Balaban J connectivity index is 5.23. The zero-order valence-electron chi connectivity index (χ0n) is 52.6. The monoisotopic (exact) mass is 1130 g/mol. The number of hydrogen-bond donors (Lipinski definition) is 2. The summed E-state index contributed by atoms with van der Waals surface area (Å²) in [4.78, 5) is 37.8. The number of phosphoric acid groups is 1. The highest BCUT2D eigenvalue weighted by atomic mass is 31.2. The number of phosphoric ester groups is 1. The Morgan fingerprint density at radius 1 is 0.443 bits per heavy atom. The number of quaternary nitrogens is 1. The molecule has 0 saturated carbocycles. The number of hydrogen-bond acceptors (Lipinski definition) is 6. The molecule has 0 radical (unpaired) electrons. The fourth-order valence-corrected chi connectivity index (χ4v) is 10.2. The second kappa shape index (κ2) is 58.6. The first kappa shape index (κ1) is 76.5. The fraction of sp³-hybridized carbons (Fsp3) is 0.797. The largest absolute Gasteiger partial charge is 0.472 e. The Labute approximate surface area is 489 Å². The van der Waals surface area contributed by atoms with Gasteiger partial charge in [0.15, 0.2) is 0 Å². The molecule has 0 heterocycles. The van der Waals surface area contributed by atoms with Crippen molar-refractivity contribution < 1.29 is 37.3 Å². The molecule has 0 aliphatic heterocycles. The van der Waals surface area contributed by atoms with Gasteiger partial charge in [-0.05, 0) is 102 Å². The molecule has 3 atom stereocenters. The van der Waals surface area contributed by atoms with Crippen LogP contribution in [-0.4, -0.2) is 74.3 Å². The van der Waals surface area contributed by atoms with Crippen LogP contribution in [0.1, 0.15) is 303 Å². The summed E-state index contributed by atoms with van der Waals surface area (Å²) in [6.45, 7) is 6.98. The van der Waals surface area contributed by atoms with Gasteiger partial charge in [0.25, 0.3) is 0 Å². The van der Waals surface area contributed by atoms with E-state index in [0.717, 1.165) is 96.3 Å². The summed E-state index contributed by atoms with van der Waals surface area (Å²) in [5.74, 6) is -0.512. The molecular formula is C69H128N2O7P+. The third kappa shape index (κ3) is 59.9. The van der Waals surface area contributed by atoms with Gasteiger partial charge in [0, 0.05) is 12.8 Å². The maximum atomic E-state index is 13.6. The summed E-state index contributed by atoms with van der Waals surface area (Å²) < 4.78 is 30.8. The molecule has 0 rings (SSSR count). The van der Waals surface area contributed by atoms with Crippen LogP contribution in [0.3, 0.4) is 0 Å². The molecule has 79 heavy (non-hydrogen) atoms. The van der Waals surface area contributed by atoms with E-state index < -0.39 is 20.0 Å². The van der Waals surface area contributed by atoms with Gasteiger partial charge in [-0.25, -0.2) is 4.57 Å². The quantitative estimate of drug-likeness (QED) is 0.0205. The van der Waals surface area contributed by atoms with Crippen LogP contribution in [0.5, 0.6) is 0 Å². The van der Waals surface area contributed by atoms with Gasteiger partial charge in [-0.2, -0.15) is 0 Å². The molecule has 0 fully saturated rings. The number of esters is 1. The van der Waals surface area contributed by atoms with Crippen LogP contribution >= 0.6 is 7.82 Å². The lowest BCUT2D eigenvalue weighted by Crippen LogP contribution is -2.47. The third-order valence-electron chi connectivity index (χ3n) is 14.6. The first-order valence-corrected chi connectivity index (χ1v) is 34.8. The molecule has 10 heteroatoms. The van der Waals surface area contributed by atoms with E-state index in [1.165, 1.54) is 173 Å². The molecule has 3 unspecified atom stereocenters. The first-order chi connectivity index (χ1) is 38.4. The summed E-state index contributed by atoms with van der Waals surface area (Å²) >= 11 is 0. The minimum atomic E-state index is -4.46. The van der Waals surface area contributed by atoms with Gasteiger partial charge < -0.3 is 19.4 Å². The number of unbranched alkanes of at least 4 members (excludes halogenated alkanes) is 34. The van der Waals surface area contributed by atoms with Crippen molar-refractivity contribution in [3.63, 3.8) is 0 Å². The van der Waals surface area contributed by atoms with Gasteiger partial charge in [0.05, 0.1) is 33.8 Å². The lowest BCUT2D eigenvalue weighted by atomic mass is 10.0. The van der Waals surface area contributed by atoms with E-state index in [1.807, 2.05) is 33.3 Å². The number of carbonyl (C=O) groups is 2. The van der Waals surface area contributed by atoms with Crippen LogP contribution in [-0.2, 0) is 27.9 Å². The molecule has 0 aliphatic rings. The van der Waals surface area contributed by atoms with Crippen LogP contribution in [0.25, 0.3) is 0 Å². The second-order valence-electron chi connectivity index (χ2n) is 23.6. The molecule has 0 bridgehead atoms. The maximum absolute atomic E-state index is 13.6. The van der Waals surface area contributed by atoms with Gasteiger partial charge in [0.1, 0.15) is 19.3 Å². The minimum Gasteiger partial charge on any atom is -0.456 e. The smallest absolute Gasteiger partial charge is 0.456 e. The number of rotatable bonds is 60. The first-order valence-electron chi connectivity index (χ1n) is 33.3. The van der Waals surface area contributed by atoms with E-state index in [4.69, 9.17) is 13.8 Å². The Kier molecular flexibility index (Phi) is 56.7. The number of nitrogens with zero attached hydrogens (tertiary/aromatic N) is 1. The van der Waals surface area contributed by atoms with E-state index in [2.05, 4.69) is 86.8 Å². The van der Waals surface area contributed by atoms with E-state index >= 15 is 0 Å². The van der Waals surface area contributed by atoms with E-state index in [0.29, 0.717) is 17.4 Å². The van der Waals surface area contributed by atoms with Gasteiger partial charge in [-0.3, -0.25) is 18.6 Å². The minimum absolute atomic E-state index is 0.0363. The Morgan fingerprint density at radius 2 is 0.772 bits per heavy atom. The Morgan fingerprint density at radius 3 is 1.18 bits per heavy atom. The summed E-state index contributed by atoms with van der Waals surface area (Å²) in [7, 11) is 1.49. The normalized spacial score (nSPS) is 14.1. The van der Waals surface area contributed by atoms with E-state index in [9.17, 15) is 19.0 Å². The Hall–Kier alpha value is -2.55. The molecule has 0 saturated heterocycles. The molecule has 0 aromatic heterocycles. The third-order valence-corrected chi connectivity index (χ3v) is 15.6. The van der Waals surface area contributed by atoms with Crippen molar-refractivity contribution in [2.24, 2.45) is 0 Å². The summed E-state index contributed by atoms with van der Waals surface area (Å²) in [5.41, 5.74) is 0. The highest BCUT2D eigenvalue weighted by molar-refractivity contribution is 7.47. The van der Waals surface area contributed by atoms with E-state index in [1.54, 1.807) is 0 Å².